The molecule has 0 bridgehead atoms. The number of amides is 1. The maximum atomic E-state index is 15.2. The number of methoxy groups -OCH3 is 1. The predicted octanol–water partition coefficient (Wildman–Crippen LogP) is 3.90. The largest absolute Gasteiger partial charge is 0.381 e. The van der Waals surface area contributed by atoms with Crippen molar-refractivity contribution >= 4 is 11.7 Å². The van der Waals surface area contributed by atoms with E-state index in [9.17, 15) is 14.0 Å². The van der Waals surface area contributed by atoms with E-state index in [1.807, 2.05) is 0 Å². The van der Waals surface area contributed by atoms with Gasteiger partial charge in [-0.05, 0) is 61.9 Å². The van der Waals surface area contributed by atoms with Crippen LogP contribution in [0.1, 0.15) is 61.7 Å². The molecule has 0 aromatic heterocycles. The number of Topliss-reactive ketones (excluding diaryl/α,β-unsaturated/α-hetero) is 1. The number of piperidine rings is 1. The van der Waals surface area contributed by atoms with E-state index < -0.39 is 17.3 Å². The maximum absolute atomic E-state index is 15.2. The van der Waals surface area contributed by atoms with E-state index in [1.165, 1.54) is 24.3 Å². The van der Waals surface area contributed by atoms with Crippen molar-refractivity contribution in [1.82, 2.24) is 4.90 Å². The number of nitrogens with zero attached hydrogens (tertiary/aromatic N) is 1. The Labute approximate surface area is 183 Å². The second kappa shape index (κ2) is 10.6. The van der Waals surface area contributed by atoms with E-state index in [4.69, 9.17) is 10.5 Å². The van der Waals surface area contributed by atoms with Crippen LogP contribution in [0, 0.1) is 17.7 Å². The van der Waals surface area contributed by atoms with E-state index >= 15 is 4.39 Å². The third-order valence-corrected chi connectivity index (χ3v) is 7.14. The van der Waals surface area contributed by atoms with Crippen molar-refractivity contribution in [2.45, 2.75) is 63.1 Å². The third kappa shape index (κ3) is 6.32. The molecule has 31 heavy (non-hydrogen) atoms. The van der Waals surface area contributed by atoms with Crippen LogP contribution in [0.3, 0.4) is 0 Å². The molecule has 1 saturated carbocycles. The minimum atomic E-state index is -1.86. The molecular weight excluding hydrogens is 402 g/mol. The summed E-state index contributed by atoms with van der Waals surface area (Å²) < 4.78 is 33.8. The molecule has 1 saturated heterocycles. The summed E-state index contributed by atoms with van der Waals surface area (Å²) in [5, 5.41) is 0. The SMILES string of the molecule is COC(CC(N)=O)C1CCC(CCN2CCC(F)(C(=O)c3ccc(F)cc3)CC2)CC1. The van der Waals surface area contributed by atoms with Gasteiger partial charge in [0.05, 0.1) is 12.5 Å². The van der Waals surface area contributed by atoms with Crippen LogP contribution in [0.4, 0.5) is 8.78 Å². The summed E-state index contributed by atoms with van der Waals surface area (Å²) in [6.07, 6.45) is 5.90. The molecule has 5 nitrogen and oxygen atoms in total. The molecular formula is C24H34F2N2O3. The number of benzene rings is 1. The molecule has 3 rings (SSSR count). The van der Waals surface area contributed by atoms with Crippen LogP contribution in [0.5, 0.6) is 0 Å². The van der Waals surface area contributed by atoms with E-state index in [2.05, 4.69) is 4.90 Å². The van der Waals surface area contributed by atoms with Crippen molar-refractivity contribution < 1.29 is 23.1 Å². The topological polar surface area (TPSA) is 72.6 Å². The lowest BCUT2D eigenvalue weighted by atomic mass is 9.77. The van der Waals surface area contributed by atoms with Crippen molar-refractivity contribution in [3.63, 3.8) is 0 Å². The van der Waals surface area contributed by atoms with Crippen molar-refractivity contribution in [3.05, 3.63) is 35.6 Å². The summed E-state index contributed by atoms with van der Waals surface area (Å²) in [4.78, 5) is 26.0. The first-order valence-corrected chi connectivity index (χ1v) is 11.3. The van der Waals surface area contributed by atoms with Crippen LogP contribution in [0.25, 0.3) is 0 Å². The molecule has 0 spiro atoms. The summed E-state index contributed by atoms with van der Waals surface area (Å²) in [5.74, 6) is -0.275. The van der Waals surface area contributed by atoms with Crippen LogP contribution in [-0.2, 0) is 9.53 Å². The van der Waals surface area contributed by atoms with Gasteiger partial charge in [-0.3, -0.25) is 9.59 Å². The summed E-state index contributed by atoms with van der Waals surface area (Å²) in [5.41, 5.74) is 3.70. The van der Waals surface area contributed by atoms with E-state index in [0.29, 0.717) is 24.9 Å². The zero-order chi connectivity index (χ0) is 22.4. The Hall–Kier alpha value is -1.86. The summed E-state index contributed by atoms with van der Waals surface area (Å²) in [7, 11) is 1.64. The lowest BCUT2D eigenvalue weighted by Gasteiger charge is -2.37. The van der Waals surface area contributed by atoms with Gasteiger partial charge in [-0.2, -0.15) is 0 Å². The van der Waals surface area contributed by atoms with Crippen LogP contribution >= 0.6 is 0 Å². The molecule has 172 valence electrons. The number of ketones is 1. The Bertz CT molecular complexity index is 740. The number of rotatable bonds is 9. The van der Waals surface area contributed by atoms with E-state index in [1.54, 1.807) is 7.11 Å². The van der Waals surface area contributed by atoms with Gasteiger partial charge in [0.1, 0.15) is 5.82 Å². The molecule has 1 atom stereocenters. The Morgan fingerprint density at radius 2 is 1.77 bits per heavy atom. The highest BCUT2D eigenvalue weighted by molar-refractivity contribution is 6.02. The first kappa shape index (κ1) is 23.8. The maximum Gasteiger partial charge on any atom is 0.220 e. The van der Waals surface area contributed by atoms with Gasteiger partial charge in [-0.25, -0.2) is 8.78 Å². The lowest BCUT2D eigenvalue weighted by molar-refractivity contribution is -0.121. The molecule has 1 aliphatic heterocycles. The van der Waals surface area contributed by atoms with Crippen molar-refractivity contribution in [2.75, 3.05) is 26.7 Å². The van der Waals surface area contributed by atoms with E-state index in [0.717, 1.165) is 38.6 Å². The van der Waals surface area contributed by atoms with Gasteiger partial charge in [-0.1, -0.05) is 12.8 Å². The molecule has 2 N–H and O–H groups in total. The predicted molar refractivity (Wildman–Crippen MR) is 115 cm³/mol. The lowest BCUT2D eigenvalue weighted by Crippen LogP contribution is -2.47. The van der Waals surface area contributed by atoms with Crippen LogP contribution < -0.4 is 5.73 Å². The standard InChI is InChI=1S/C24H34F2N2O3/c1-31-21(16-22(27)29)18-4-2-17(3-5-18)10-13-28-14-11-24(26,12-15-28)23(30)19-6-8-20(25)9-7-19/h6-9,17-18,21H,2-5,10-16H2,1H3,(H2,27,29). The molecule has 1 aromatic rings. The average Bonchev–Trinajstić information content (AvgIpc) is 2.77. The number of carbonyl (C=O) groups is 2. The highest BCUT2D eigenvalue weighted by Gasteiger charge is 2.42. The van der Waals surface area contributed by atoms with Crippen molar-refractivity contribution in [1.29, 1.82) is 0 Å². The number of hydrogen-bond donors (Lipinski definition) is 1. The van der Waals surface area contributed by atoms with Gasteiger partial charge < -0.3 is 15.4 Å². The first-order valence-electron chi connectivity index (χ1n) is 11.3. The van der Waals surface area contributed by atoms with Crippen LogP contribution in [-0.4, -0.2) is 55.1 Å². The van der Waals surface area contributed by atoms with Crippen LogP contribution in [0.2, 0.25) is 0 Å². The number of likely N-dealkylation sites (tertiary alicyclic amines) is 1. The van der Waals surface area contributed by atoms with Gasteiger partial charge in [0.25, 0.3) is 0 Å². The minimum Gasteiger partial charge on any atom is -0.381 e. The number of hydrogen-bond acceptors (Lipinski definition) is 4. The quantitative estimate of drug-likeness (QED) is 0.596. The van der Waals surface area contributed by atoms with Gasteiger partial charge in [0.2, 0.25) is 5.91 Å². The number of ether oxygens (including phenoxy) is 1. The highest BCUT2D eigenvalue weighted by atomic mass is 19.1. The molecule has 1 heterocycles. The first-order chi connectivity index (χ1) is 14.8. The number of primary amides is 1. The number of nitrogens with two attached hydrogens (primary N) is 1. The zero-order valence-electron chi connectivity index (χ0n) is 18.3. The molecule has 7 heteroatoms. The molecule has 0 radical (unpaired) electrons. The molecule has 1 aromatic carbocycles. The number of alkyl halides is 1. The average molecular weight is 437 g/mol. The molecule has 1 aliphatic carbocycles. The Morgan fingerprint density at radius 1 is 1.16 bits per heavy atom. The monoisotopic (exact) mass is 436 g/mol. The molecule has 1 unspecified atom stereocenters. The van der Waals surface area contributed by atoms with Gasteiger partial charge in [-0.15, -0.1) is 0 Å². The normalized spacial score (nSPS) is 25.1. The van der Waals surface area contributed by atoms with E-state index in [-0.39, 0.29) is 36.8 Å². The highest BCUT2D eigenvalue weighted by Crippen LogP contribution is 2.35. The number of halogens is 2. The second-order valence-electron chi connectivity index (χ2n) is 9.16. The fourth-order valence-corrected chi connectivity index (χ4v) is 5.07. The third-order valence-electron chi connectivity index (χ3n) is 7.14. The van der Waals surface area contributed by atoms with Gasteiger partial charge in [0, 0.05) is 38.6 Å². The summed E-state index contributed by atoms with van der Waals surface area (Å²) in [6, 6.07) is 5.12. The second-order valence-corrected chi connectivity index (χ2v) is 9.16. The van der Waals surface area contributed by atoms with Crippen molar-refractivity contribution in [3.8, 4) is 0 Å². The summed E-state index contributed by atoms with van der Waals surface area (Å²) >= 11 is 0. The summed E-state index contributed by atoms with van der Waals surface area (Å²) in [6.45, 7) is 2.03. The van der Waals surface area contributed by atoms with Gasteiger partial charge in [0.15, 0.2) is 11.5 Å². The Morgan fingerprint density at radius 3 is 2.32 bits per heavy atom. The number of carbonyl (C=O) groups excluding carboxylic acids is 2. The zero-order valence-corrected chi connectivity index (χ0v) is 18.3. The van der Waals surface area contributed by atoms with Crippen LogP contribution in [0.15, 0.2) is 24.3 Å². The molecule has 2 aliphatic rings. The Balaban J connectivity index is 1.40. The van der Waals surface area contributed by atoms with Crippen molar-refractivity contribution in [2.24, 2.45) is 17.6 Å². The smallest absolute Gasteiger partial charge is 0.220 e. The van der Waals surface area contributed by atoms with Gasteiger partial charge >= 0.3 is 0 Å². The Kier molecular flexibility index (Phi) is 8.17. The molecule has 2 fully saturated rings. The fraction of sp³-hybridized carbons (Fsp3) is 0.667. The molecule has 1 amide bonds. The fourth-order valence-electron chi connectivity index (χ4n) is 5.07. The minimum absolute atomic E-state index is 0.0862.